The molecular weight excluding hydrogens is 256 g/mol. The number of aliphatic hydroxyl groups is 1. The molecule has 0 saturated carbocycles. The summed E-state index contributed by atoms with van der Waals surface area (Å²) in [6.45, 7) is 10.1. The first kappa shape index (κ1) is 14.5. The van der Waals surface area contributed by atoms with Gasteiger partial charge in [-0.15, -0.1) is 0 Å². The zero-order chi connectivity index (χ0) is 15.0. The third-order valence-corrected chi connectivity index (χ3v) is 3.61. The van der Waals surface area contributed by atoms with Crippen LogP contribution < -0.4 is 10.6 Å². The van der Waals surface area contributed by atoms with Crippen molar-refractivity contribution in [3.8, 4) is 0 Å². The average molecular weight is 278 g/mol. The van der Waals surface area contributed by atoms with Crippen LogP contribution in [0, 0.1) is 0 Å². The number of aromatic amines is 1. The molecular formula is C13H22N6O. The van der Waals surface area contributed by atoms with E-state index in [2.05, 4.69) is 30.8 Å². The summed E-state index contributed by atoms with van der Waals surface area (Å²) in [5, 5.41) is 24.3. The standard InChI is InChI=1S/C13H22N6O/c1-6-14-11-16-9(8-7-15-19-10(8)17-11)18-12(2,3)13(4,5)20/h7,20H,6H2,1-5H3,(H3,14,15,16,17,18,19). The maximum atomic E-state index is 10.3. The van der Waals surface area contributed by atoms with Crippen LogP contribution in [0.25, 0.3) is 11.0 Å². The molecule has 7 heteroatoms. The summed E-state index contributed by atoms with van der Waals surface area (Å²) in [4.78, 5) is 8.79. The normalized spacial score (nSPS) is 12.7. The van der Waals surface area contributed by atoms with Gasteiger partial charge in [-0.3, -0.25) is 5.10 Å². The van der Waals surface area contributed by atoms with Crippen LogP contribution in [0.2, 0.25) is 0 Å². The molecule has 4 N–H and O–H groups in total. The van der Waals surface area contributed by atoms with Crippen molar-refractivity contribution in [2.24, 2.45) is 0 Å². The lowest BCUT2D eigenvalue weighted by atomic mass is 9.86. The van der Waals surface area contributed by atoms with Crippen LogP contribution in [0.15, 0.2) is 6.20 Å². The van der Waals surface area contributed by atoms with E-state index in [1.807, 2.05) is 20.8 Å². The zero-order valence-corrected chi connectivity index (χ0v) is 12.6. The van der Waals surface area contributed by atoms with Gasteiger partial charge in [-0.05, 0) is 34.6 Å². The fraction of sp³-hybridized carbons (Fsp3) is 0.615. The van der Waals surface area contributed by atoms with Crippen LogP contribution in [-0.4, -0.2) is 43.0 Å². The van der Waals surface area contributed by atoms with E-state index < -0.39 is 11.1 Å². The first-order valence-corrected chi connectivity index (χ1v) is 6.70. The van der Waals surface area contributed by atoms with Crippen LogP contribution in [0.3, 0.4) is 0 Å². The van der Waals surface area contributed by atoms with E-state index >= 15 is 0 Å². The van der Waals surface area contributed by atoms with Crippen molar-refractivity contribution in [3.63, 3.8) is 0 Å². The molecule has 0 spiro atoms. The van der Waals surface area contributed by atoms with Gasteiger partial charge in [0.25, 0.3) is 0 Å². The quantitative estimate of drug-likeness (QED) is 0.665. The Morgan fingerprint density at radius 2 is 1.95 bits per heavy atom. The first-order valence-electron chi connectivity index (χ1n) is 6.70. The molecule has 7 nitrogen and oxygen atoms in total. The lowest BCUT2D eigenvalue weighted by Gasteiger charge is -2.38. The number of hydrogen-bond acceptors (Lipinski definition) is 6. The highest BCUT2D eigenvalue weighted by molar-refractivity contribution is 5.87. The van der Waals surface area contributed by atoms with Gasteiger partial charge in [0.1, 0.15) is 5.82 Å². The van der Waals surface area contributed by atoms with Gasteiger partial charge >= 0.3 is 0 Å². The molecule has 2 aromatic heterocycles. The predicted octanol–water partition coefficient (Wildman–Crippen LogP) is 1.75. The van der Waals surface area contributed by atoms with Gasteiger partial charge in [-0.2, -0.15) is 15.1 Å². The van der Waals surface area contributed by atoms with E-state index in [1.165, 1.54) is 0 Å². The fourth-order valence-electron chi connectivity index (χ4n) is 1.62. The minimum Gasteiger partial charge on any atom is -0.388 e. The summed E-state index contributed by atoms with van der Waals surface area (Å²) in [6, 6.07) is 0. The first-order chi connectivity index (χ1) is 9.24. The number of anilines is 2. The summed E-state index contributed by atoms with van der Waals surface area (Å²) < 4.78 is 0. The number of fused-ring (bicyclic) bond motifs is 1. The molecule has 0 unspecified atom stereocenters. The Hall–Kier alpha value is -1.89. The van der Waals surface area contributed by atoms with Crippen molar-refractivity contribution in [2.75, 3.05) is 17.2 Å². The Labute approximate surface area is 118 Å². The molecule has 0 fully saturated rings. The highest BCUT2D eigenvalue weighted by Gasteiger charge is 2.35. The third-order valence-electron chi connectivity index (χ3n) is 3.61. The molecule has 0 aliphatic heterocycles. The van der Waals surface area contributed by atoms with Crippen molar-refractivity contribution in [2.45, 2.75) is 45.8 Å². The summed E-state index contributed by atoms with van der Waals surface area (Å²) >= 11 is 0. The van der Waals surface area contributed by atoms with E-state index in [4.69, 9.17) is 0 Å². The maximum Gasteiger partial charge on any atom is 0.226 e. The predicted molar refractivity (Wildman–Crippen MR) is 79.8 cm³/mol. The number of rotatable bonds is 5. The molecule has 2 heterocycles. The topological polar surface area (TPSA) is 98.8 Å². The lowest BCUT2D eigenvalue weighted by molar-refractivity contribution is 0.0239. The molecule has 110 valence electrons. The fourth-order valence-corrected chi connectivity index (χ4v) is 1.62. The van der Waals surface area contributed by atoms with Crippen molar-refractivity contribution in [1.82, 2.24) is 20.2 Å². The van der Waals surface area contributed by atoms with Crippen molar-refractivity contribution < 1.29 is 5.11 Å². The van der Waals surface area contributed by atoms with Gasteiger partial charge in [-0.25, -0.2) is 0 Å². The van der Waals surface area contributed by atoms with Crippen LogP contribution in [0.1, 0.15) is 34.6 Å². The van der Waals surface area contributed by atoms with Gasteiger partial charge in [0, 0.05) is 6.54 Å². The van der Waals surface area contributed by atoms with Gasteiger partial charge in [0.05, 0.1) is 22.7 Å². The number of nitrogens with one attached hydrogen (secondary N) is 3. The Bertz CT molecular complexity index is 598. The number of hydrogen-bond donors (Lipinski definition) is 4. The van der Waals surface area contributed by atoms with E-state index in [9.17, 15) is 5.11 Å². The van der Waals surface area contributed by atoms with Crippen molar-refractivity contribution in [1.29, 1.82) is 0 Å². The number of H-pyrrole nitrogens is 1. The molecule has 2 aromatic rings. The molecule has 2 rings (SSSR count). The minimum atomic E-state index is -0.910. The van der Waals surface area contributed by atoms with Gasteiger partial charge in [-0.1, -0.05) is 0 Å². The summed E-state index contributed by atoms with van der Waals surface area (Å²) in [7, 11) is 0. The second-order valence-corrected chi connectivity index (χ2v) is 5.87. The zero-order valence-electron chi connectivity index (χ0n) is 12.6. The van der Waals surface area contributed by atoms with E-state index in [0.29, 0.717) is 17.4 Å². The molecule has 0 amide bonds. The molecule has 0 radical (unpaired) electrons. The second-order valence-electron chi connectivity index (χ2n) is 5.87. The smallest absolute Gasteiger partial charge is 0.226 e. The molecule has 0 aliphatic rings. The Morgan fingerprint density at radius 3 is 2.55 bits per heavy atom. The Morgan fingerprint density at radius 1 is 1.25 bits per heavy atom. The van der Waals surface area contributed by atoms with Gasteiger partial charge in [0.2, 0.25) is 5.95 Å². The van der Waals surface area contributed by atoms with E-state index in [1.54, 1.807) is 20.0 Å². The van der Waals surface area contributed by atoms with Gasteiger partial charge in [0.15, 0.2) is 5.65 Å². The molecule has 20 heavy (non-hydrogen) atoms. The Balaban J connectivity index is 2.45. The van der Waals surface area contributed by atoms with Gasteiger partial charge < -0.3 is 15.7 Å². The monoisotopic (exact) mass is 278 g/mol. The molecule has 0 saturated heterocycles. The Kier molecular flexibility index (Phi) is 3.56. The molecule has 0 aromatic carbocycles. The maximum absolute atomic E-state index is 10.3. The van der Waals surface area contributed by atoms with Crippen molar-refractivity contribution in [3.05, 3.63) is 6.20 Å². The number of nitrogens with zero attached hydrogens (tertiary/aromatic N) is 3. The van der Waals surface area contributed by atoms with Crippen LogP contribution in [0.5, 0.6) is 0 Å². The SMILES string of the molecule is CCNc1nc(NC(C)(C)C(C)(C)O)c2cn[nH]c2n1. The highest BCUT2D eigenvalue weighted by Crippen LogP contribution is 2.28. The summed E-state index contributed by atoms with van der Waals surface area (Å²) in [6.07, 6.45) is 1.67. The number of aromatic nitrogens is 4. The van der Waals surface area contributed by atoms with Crippen LogP contribution in [0.4, 0.5) is 11.8 Å². The molecule has 0 aliphatic carbocycles. The summed E-state index contributed by atoms with van der Waals surface area (Å²) in [5.74, 6) is 1.17. The highest BCUT2D eigenvalue weighted by atomic mass is 16.3. The van der Waals surface area contributed by atoms with E-state index in [-0.39, 0.29) is 0 Å². The molecule has 0 atom stereocenters. The average Bonchev–Trinajstić information content (AvgIpc) is 2.75. The second kappa shape index (κ2) is 4.90. The largest absolute Gasteiger partial charge is 0.388 e. The van der Waals surface area contributed by atoms with E-state index in [0.717, 1.165) is 11.9 Å². The van der Waals surface area contributed by atoms with Crippen LogP contribution in [-0.2, 0) is 0 Å². The minimum absolute atomic E-state index is 0.526. The van der Waals surface area contributed by atoms with Crippen LogP contribution >= 0.6 is 0 Å². The summed E-state index contributed by atoms with van der Waals surface area (Å²) in [5.41, 5.74) is -0.813. The van der Waals surface area contributed by atoms with Crippen molar-refractivity contribution >= 4 is 22.8 Å². The molecule has 0 bridgehead atoms. The lowest BCUT2D eigenvalue weighted by Crippen LogP contribution is -2.51. The third kappa shape index (κ3) is 2.67.